The smallest absolute Gasteiger partial charge is 0.218 e. The molecule has 0 unspecified atom stereocenters. The van der Waals surface area contributed by atoms with Gasteiger partial charge in [-0.05, 0) is 18.3 Å². The Kier molecular flexibility index (Phi) is 2.75. The minimum absolute atomic E-state index is 0.457. The molecule has 0 saturated heterocycles. The summed E-state index contributed by atoms with van der Waals surface area (Å²) in [5, 5.41) is 3.33. The van der Waals surface area contributed by atoms with Gasteiger partial charge in [-0.2, -0.15) is 0 Å². The van der Waals surface area contributed by atoms with Crippen molar-refractivity contribution >= 4 is 5.82 Å². The predicted molar refractivity (Wildman–Crippen MR) is 59.0 cm³/mol. The Morgan fingerprint density at radius 2 is 2.27 bits per heavy atom. The molecular formula is C11H17N3O. The third-order valence-corrected chi connectivity index (χ3v) is 3.11. The van der Waals surface area contributed by atoms with Gasteiger partial charge in [0.1, 0.15) is 12.1 Å². The van der Waals surface area contributed by atoms with Crippen molar-refractivity contribution in [3.63, 3.8) is 0 Å². The van der Waals surface area contributed by atoms with Gasteiger partial charge in [0.15, 0.2) is 0 Å². The first kappa shape index (κ1) is 10.2. The molecule has 2 rings (SSSR count). The van der Waals surface area contributed by atoms with Gasteiger partial charge in [0.05, 0.1) is 7.11 Å². The van der Waals surface area contributed by atoms with E-state index in [0.717, 1.165) is 12.4 Å². The fraction of sp³-hybridized carbons (Fsp3) is 0.636. The maximum atomic E-state index is 5.04. The monoisotopic (exact) mass is 207 g/mol. The molecule has 1 aliphatic carbocycles. The SMILES string of the molecule is COc1cc(NCC2(C)CCC2)ncn1. The molecule has 0 radical (unpaired) electrons. The molecule has 1 saturated carbocycles. The van der Waals surface area contributed by atoms with E-state index in [4.69, 9.17) is 4.74 Å². The fourth-order valence-electron chi connectivity index (χ4n) is 1.81. The molecule has 0 aromatic carbocycles. The number of hydrogen-bond acceptors (Lipinski definition) is 4. The van der Waals surface area contributed by atoms with E-state index in [1.54, 1.807) is 7.11 Å². The Balaban J connectivity index is 1.92. The van der Waals surface area contributed by atoms with Crippen LogP contribution in [0.5, 0.6) is 5.88 Å². The molecule has 0 bridgehead atoms. The van der Waals surface area contributed by atoms with Gasteiger partial charge in [0, 0.05) is 12.6 Å². The molecule has 82 valence electrons. The molecular weight excluding hydrogens is 190 g/mol. The molecule has 0 spiro atoms. The lowest BCUT2D eigenvalue weighted by Gasteiger charge is -2.38. The standard InChI is InChI=1S/C11H17N3O/c1-11(4-3-5-11)7-12-9-6-10(15-2)14-8-13-9/h6,8H,3-5,7H2,1-2H3,(H,12,13,14). The zero-order chi connectivity index (χ0) is 10.7. The molecule has 1 aromatic rings. The number of hydrogen-bond donors (Lipinski definition) is 1. The average Bonchev–Trinajstić information content (AvgIpc) is 2.24. The second-order valence-corrected chi connectivity index (χ2v) is 4.46. The summed E-state index contributed by atoms with van der Waals surface area (Å²) in [7, 11) is 1.61. The Hall–Kier alpha value is -1.32. The molecule has 4 heteroatoms. The first-order chi connectivity index (χ1) is 7.22. The van der Waals surface area contributed by atoms with Crippen LogP contribution in [0.15, 0.2) is 12.4 Å². The summed E-state index contributed by atoms with van der Waals surface area (Å²) in [4.78, 5) is 8.11. The molecule has 15 heavy (non-hydrogen) atoms. The van der Waals surface area contributed by atoms with Crippen molar-refractivity contribution in [2.75, 3.05) is 19.0 Å². The fourth-order valence-corrected chi connectivity index (χ4v) is 1.81. The summed E-state index contributed by atoms with van der Waals surface area (Å²) in [5.41, 5.74) is 0.457. The second-order valence-electron chi connectivity index (χ2n) is 4.46. The van der Waals surface area contributed by atoms with Crippen LogP contribution in [0.4, 0.5) is 5.82 Å². The van der Waals surface area contributed by atoms with Crippen LogP contribution in [0, 0.1) is 5.41 Å². The number of nitrogens with zero attached hydrogens (tertiary/aromatic N) is 2. The molecule has 1 aliphatic rings. The average molecular weight is 207 g/mol. The van der Waals surface area contributed by atoms with Crippen molar-refractivity contribution in [3.8, 4) is 5.88 Å². The number of anilines is 1. The predicted octanol–water partition coefficient (Wildman–Crippen LogP) is 2.09. The largest absolute Gasteiger partial charge is 0.481 e. The molecule has 0 amide bonds. The normalized spacial score (nSPS) is 18.0. The Morgan fingerprint density at radius 3 is 2.87 bits per heavy atom. The lowest BCUT2D eigenvalue weighted by atomic mass is 9.70. The Bertz CT molecular complexity index is 336. The van der Waals surface area contributed by atoms with E-state index in [9.17, 15) is 0 Å². The number of aromatic nitrogens is 2. The summed E-state index contributed by atoms with van der Waals surface area (Å²) in [6.07, 6.45) is 5.49. The summed E-state index contributed by atoms with van der Waals surface area (Å²) in [5.74, 6) is 1.45. The molecule has 0 atom stereocenters. The van der Waals surface area contributed by atoms with Crippen LogP contribution in [0.2, 0.25) is 0 Å². The van der Waals surface area contributed by atoms with Crippen molar-refractivity contribution in [2.45, 2.75) is 26.2 Å². The van der Waals surface area contributed by atoms with Gasteiger partial charge < -0.3 is 10.1 Å². The number of rotatable bonds is 4. The van der Waals surface area contributed by atoms with Crippen molar-refractivity contribution in [2.24, 2.45) is 5.41 Å². The van der Waals surface area contributed by atoms with Gasteiger partial charge >= 0.3 is 0 Å². The highest BCUT2D eigenvalue weighted by Gasteiger charge is 2.31. The van der Waals surface area contributed by atoms with Crippen molar-refractivity contribution in [1.82, 2.24) is 9.97 Å². The Morgan fingerprint density at radius 1 is 1.47 bits per heavy atom. The Labute approximate surface area is 90.1 Å². The summed E-state index contributed by atoms with van der Waals surface area (Å²) in [6.45, 7) is 3.29. The van der Waals surface area contributed by atoms with Gasteiger partial charge in [-0.25, -0.2) is 9.97 Å². The molecule has 0 aliphatic heterocycles. The van der Waals surface area contributed by atoms with E-state index in [-0.39, 0.29) is 0 Å². The van der Waals surface area contributed by atoms with E-state index in [1.807, 2.05) is 6.07 Å². The van der Waals surface area contributed by atoms with Crippen molar-refractivity contribution < 1.29 is 4.74 Å². The van der Waals surface area contributed by atoms with Crippen LogP contribution in [-0.4, -0.2) is 23.6 Å². The van der Waals surface area contributed by atoms with Crippen LogP contribution in [0.3, 0.4) is 0 Å². The van der Waals surface area contributed by atoms with E-state index in [2.05, 4.69) is 22.2 Å². The number of methoxy groups -OCH3 is 1. The van der Waals surface area contributed by atoms with Gasteiger partial charge in [0.2, 0.25) is 5.88 Å². The summed E-state index contributed by atoms with van der Waals surface area (Å²) in [6, 6.07) is 1.82. The van der Waals surface area contributed by atoms with Crippen molar-refractivity contribution in [3.05, 3.63) is 12.4 Å². The van der Waals surface area contributed by atoms with Crippen LogP contribution >= 0.6 is 0 Å². The zero-order valence-corrected chi connectivity index (χ0v) is 9.29. The maximum Gasteiger partial charge on any atom is 0.218 e. The van der Waals surface area contributed by atoms with Gasteiger partial charge in [-0.1, -0.05) is 13.3 Å². The van der Waals surface area contributed by atoms with Gasteiger partial charge in [0.25, 0.3) is 0 Å². The highest BCUT2D eigenvalue weighted by atomic mass is 16.5. The number of ether oxygens (including phenoxy) is 1. The first-order valence-corrected chi connectivity index (χ1v) is 5.32. The zero-order valence-electron chi connectivity index (χ0n) is 9.29. The lowest BCUT2D eigenvalue weighted by Crippen LogP contribution is -2.33. The highest BCUT2D eigenvalue weighted by Crippen LogP contribution is 2.40. The second kappa shape index (κ2) is 4.04. The van der Waals surface area contributed by atoms with Gasteiger partial charge in [-0.15, -0.1) is 0 Å². The van der Waals surface area contributed by atoms with Crippen LogP contribution in [0.25, 0.3) is 0 Å². The molecule has 1 heterocycles. The third kappa shape index (κ3) is 2.37. The lowest BCUT2D eigenvalue weighted by molar-refractivity contribution is 0.180. The molecule has 4 nitrogen and oxygen atoms in total. The summed E-state index contributed by atoms with van der Waals surface area (Å²) >= 11 is 0. The van der Waals surface area contributed by atoms with Crippen LogP contribution in [0.1, 0.15) is 26.2 Å². The highest BCUT2D eigenvalue weighted by molar-refractivity contribution is 5.37. The van der Waals surface area contributed by atoms with Crippen molar-refractivity contribution in [1.29, 1.82) is 0 Å². The topological polar surface area (TPSA) is 47.0 Å². The summed E-state index contributed by atoms with van der Waals surface area (Å²) < 4.78 is 5.04. The van der Waals surface area contributed by atoms with E-state index in [0.29, 0.717) is 11.3 Å². The third-order valence-electron chi connectivity index (χ3n) is 3.11. The van der Waals surface area contributed by atoms with E-state index in [1.165, 1.54) is 25.6 Å². The minimum atomic E-state index is 0.457. The maximum absolute atomic E-state index is 5.04. The minimum Gasteiger partial charge on any atom is -0.481 e. The van der Waals surface area contributed by atoms with Crippen LogP contribution < -0.4 is 10.1 Å². The van der Waals surface area contributed by atoms with Gasteiger partial charge in [-0.3, -0.25) is 0 Å². The molecule has 1 aromatic heterocycles. The molecule has 1 N–H and O–H groups in total. The van der Waals surface area contributed by atoms with E-state index >= 15 is 0 Å². The first-order valence-electron chi connectivity index (χ1n) is 5.32. The quantitative estimate of drug-likeness (QED) is 0.821. The number of nitrogens with one attached hydrogen (secondary N) is 1. The van der Waals surface area contributed by atoms with Crippen LogP contribution in [-0.2, 0) is 0 Å². The molecule has 1 fully saturated rings. The van der Waals surface area contributed by atoms with E-state index < -0.39 is 0 Å².